The maximum Gasteiger partial charge on any atom is 0.104 e. The molecule has 1 heterocycles. The summed E-state index contributed by atoms with van der Waals surface area (Å²) in [5.74, 6) is 0. The second-order valence-corrected chi connectivity index (χ2v) is 2.58. The first kappa shape index (κ1) is 6.92. The molecule has 0 aromatic rings. The highest BCUT2D eigenvalue weighted by atomic mass is 32.1. The standard InChI is InChI=1S/C5H9NO2S/c7-3-4-1-2-5(9)6(4)8/h4,7-8H,1-3H2/t4-/m0/s1. The highest BCUT2D eigenvalue weighted by molar-refractivity contribution is 7.80. The van der Waals surface area contributed by atoms with E-state index in [9.17, 15) is 0 Å². The number of hydroxylamine groups is 2. The third-order valence-corrected chi connectivity index (χ3v) is 1.89. The summed E-state index contributed by atoms with van der Waals surface area (Å²) < 4.78 is 0. The van der Waals surface area contributed by atoms with Crippen molar-refractivity contribution in [1.29, 1.82) is 0 Å². The average molecular weight is 147 g/mol. The van der Waals surface area contributed by atoms with Crippen molar-refractivity contribution in [3.05, 3.63) is 0 Å². The van der Waals surface area contributed by atoms with Gasteiger partial charge in [-0.05, 0) is 6.42 Å². The van der Waals surface area contributed by atoms with Gasteiger partial charge in [0, 0.05) is 6.42 Å². The van der Waals surface area contributed by atoms with Gasteiger partial charge in [-0.25, -0.2) is 5.06 Å². The summed E-state index contributed by atoms with van der Waals surface area (Å²) in [6.07, 6.45) is 1.49. The van der Waals surface area contributed by atoms with Crippen LogP contribution in [0.25, 0.3) is 0 Å². The van der Waals surface area contributed by atoms with Crippen LogP contribution < -0.4 is 0 Å². The van der Waals surface area contributed by atoms with Gasteiger partial charge in [-0.15, -0.1) is 0 Å². The SMILES string of the molecule is OC[C@@H]1CCC(=S)N1O. The van der Waals surface area contributed by atoms with Crippen LogP contribution in [0.1, 0.15) is 12.8 Å². The highest BCUT2D eigenvalue weighted by Gasteiger charge is 2.25. The Morgan fingerprint density at radius 1 is 1.78 bits per heavy atom. The predicted molar refractivity (Wildman–Crippen MR) is 36.3 cm³/mol. The third kappa shape index (κ3) is 1.20. The van der Waals surface area contributed by atoms with Crippen LogP contribution in [-0.2, 0) is 0 Å². The first-order valence-electron chi connectivity index (χ1n) is 2.87. The van der Waals surface area contributed by atoms with Gasteiger partial charge in [0.05, 0.1) is 12.6 Å². The molecule has 0 spiro atoms. The predicted octanol–water partition coefficient (Wildman–Crippen LogP) is 0.160. The van der Waals surface area contributed by atoms with Crippen molar-refractivity contribution < 1.29 is 10.3 Å². The Bertz CT molecular complexity index is 128. The number of aliphatic hydroxyl groups excluding tert-OH is 1. The normalized spacial score (nSPS) is 27.6. The molecule has 1 fully saturated rings. The molecular formula is C5H9NO2S. The van der Waals surface area contributed by atoms with Crippen molar-refractivity contribution in [1.82, 2.24) is 5.06 Å². The van der Waals surface area contributed by atoms with Gasteiger partial charge in [0.1, 0.15) is 4.99 Å². The van der Waals surface area contributed by atoms with E-state index in [0.29, 0.717) is 4.99 Å². The van der Waals surface area contributed by atoms with Crippen LogP contribution in [0.4, 0.5) is 0 Å². The summed E-state index contributed by atoms with van der Waals surface area (Å²) in [5, 5.41) is 18.6. The van der Waals surface area contributed by atoms with E-state index in [1.54, 1.807) is 0 Å². The zero-order valence-electron chi connectivity index (χ0n) is 4.95. The average Bonchev–Trinajstić information content (AvgIpc) is 2.15. The Morgan fingerprint density at radius 2 is 2.44 bits per heavy atom. The number of nitrogens with zero attached hydrogens (tertiary/aromatic N) is 1. The van der Waals surface area contributed by atoms with Crippen molar-refractivity contribution in [2.45, 2.75) is 18.9 Å². The Morgan fingerprint density at radius 3 is 2.67 bits per heavy atom. The van der Waals surface area contributed by atoms with Gasteiger partial charge in [-0.3, -0.25) is 5.21 Å². The fourth-order valence-corrected chi connectivity index (χ4v) is 1.17. The molecule has 0 radical (unpaired) electrons. The number of hydrogen-bond acceptors (Lipinski definition) is 3. The first-order valence-corrected chi connectivity index (χ1v) is 3.28. The minimum atomic E-state index is -0.155. The van der Waals surface area contributed by atoms with E-state index in [4.69, 9.17) is 22.5 Å². The van der Waals surface area contributed by atoms with Crippen LogP contribution in [0.2, 0.25) is 0 Å². The fourth-order valence-electron chi connectivity index (χ4n) is 0.899. The van der Waals surface area contributed by atoms with Crippen molar-refractivity contribution in [2.24, 2.45) is 0 Å². The maximum atomic E-state index is 8.99. The quantitative estimate of drug-likeness (QED) is 0.518. The molecule has 9 heavy (non-hydrogen) atoms. The molecule has 0 aromatic carbocycles. The van der Waals surface area contributed by atoms with Crippen LogP contribution in [0, 0.1) is 0 Å². The fraction of sp³-hybridized carbons (Fsp3) is 0.800. The second-order valence-electron chi connectivity index (χ2n) is 2.11. The molecule has 52 valence electrons. The van der Waals surface area contributed by atoms with Gasteiger partial charge < -0.3 is 5.11 Å². The molecule has 0 unspecified atom stereocenters. The van der Waals surface area contributed by atoms with Crippen molar-refractivity contribution >= 4 is 17.2 Å². The lowest BCUT2D eigenvalue weighted by Gasteiger charge is -2.15. The van der Waals surface area contributed by atoms with Crippen molar-refractivity contribution in [2.75, 3.05) is 6.61 Å². The topological polar surface area (TPSA) is 43.7 Å². The Balaban J connectivity index is 2.51. The van der Waals surface area contributed by atoms with Crippen LogP contribution in [0.15, 0.2) is 0 Å². The van der Waals surface area contributed by atoms with Gasteiger partial charge in [0.25, 0.3) is 0 Å². The molecule has 0 aromatic heterocycles. The van der Waals surface area contributed by atoms with Crippen LogP contribution in [-0.4, -0.2) is 33.0 Å². The summed E-state index contributed by atoms with van der Waals surface area (Å²) in [4.78, 5) is 0.536. The van der Waals surface area contributed by atoms with Gasteiger partial charge in [-0.1, -0.05) is 12.2 Å². The van der Waals surface area contributed by atoms with Crippen molar-refractivity contribution in [3.63, 3.8) is 0 Å². The van der Waals surface area contributed by atoms with Crippen molar-refractivity contribution in [3.8, 4) is 0 Å². The molecule has 0 bridgehead atoms. The second kappa shape index (κ2) is 2.60. The van der Waals surface area contributed by atoms with Gasteiger partial charge in [0.15, 0.2) is 0 Å². The van der Waals surface area contributed by atoms with E-state index in [1.165, 1.54) is 0 Å². The molecule has 0 saturated carbocycles. The third-order valence-electron chi connectivity index (χ3n) is 1.50. The minimum Gasteiger partial charge on any atom is -0.394 e. The summed E-state index contributed by atoms with van der Waals surface area (Å²) in [7, 11) is 0. The smallest absolute Gasteiger partial charge is 0.104 e. The van der Waals surface area contributed by atoms with Crippen LogP contribution >= 0.6 is 12.2 Å². The molecule has 3 nitrogen and oxygen atoms in total. The van der Waals surface area contributed by atoms with Gasteiger partial charge >= 0.3 is 0 Å². The number of hydrogen-bond donors (Lipinski definition) is 2. The first-order chi connectivity index (χ1) is 4.25. The molecule has 1 atom stereocenters. The lowest BCUT2D eigenvalue weighted by Crippen LogP contribution is -2.30. The lowest BCUT2D eigenvalue weighted by atomic mass is 10.2. The molecule has 0 amide bonds. The van der Waals surface area contributed by atoms with E-state index < -0.39 is 0 Å². The number of thiocarbonyl (C=S) groups is 1. The molecule has 1 rings (SSSR count). The summed E-state index contributed by atoms with van der Waals surface area (Å²) in [6.45, 7) is -0.0172. The Labute approximate surface area is 58.9 Å². The molecule has 1 aliphatic heterocycles. The summed E-state index contributed by atoms with van der Waals surface area (Å²) >= 11 is 4.75. The van der Waals surface area contributed by atoms with Crippen LogP contribution in [0.3, 0.4) is 0 Å². The molecule has 2 N–H and O–H groups in total. The lowest BCUT2D eigenvalue weighted by molar-refractivity contribution is -0.0546. The Kier molecular flexibility index (Phi) is 2.00. The molecule has 4 heteroatoms. The van der Waals surface area contributed by atoms with Gasteiger partial charge in [0.2, 0.25) is 0 Å². The van der Waals surface area contributed by atoms with Gasteiger partial charge in [-0.2, -0.15) is 0 Å². The summed E-state index contributed by atoms with van der Waals surface area (Å²) in [5.41, 5.74) is 0. The molecule has 1 saturated heterocycles. The van der Waals surface area contributed by atoms with E-state index >= 15 is 0 Å². The van der Waals surface area contributed by atoms with E-state index in [2.05, 4.69) is 0 Å². The Hall–Kier alpha value is -0.190. The van der Waals surface area contributed by atoms with Crippen LogP contribution in [0.5, 0.6) is 0 Å². The zero-order valence-corrected chi connectivity index (χ0v) is 5.77. The minimum absolute atomic E-state index is 0.0172. The monoisotopic (exact) mass is 147 g/mol. The van der Waals surface area contributed by atoms with E-state index in [0.717, 1.165) is 17.9 Å². The number of rotatable bonds is 1. The number of aliphatic hydroxyl groups is 1. The largest absolute Gasteiger partial charge is 0.394 e. The highest BCUT2D eigenvalue weighted by Crippen LogP contribution is 2.16. The summed E-state index contributed by atoms with van der Waals surface area (Å²) in [6, 6.07) is -0.155. The molecule has 0 aliphatic carbocycles. The van der Waals surface area contributed by atoms with E-state index in [-0.39, 0.29) is 12.6 Å². The molecular weight excluding hydrogens is 138 g/mol. The zero-order chi connectivity index (χ0) is 6.85. The van der Waals surface area contributed by atoms with E-state index in [1.807, 2.05) is 0 Å². The molecule has 1 aliphatic rings. The maximum absolute atomic E-state index is 8.99.